The van der Waals surface area contributed by atoms with E-state index in [2.05, 4.69) is 24.5 Å². The summed E-state index contributed by atoms with van der Waals surface area (Å²) in [7, 11) is 0. The first-order chi connectivity index (χ1) is 15.1. The highest BCUT2D eigenvalue weighted by Crippen LogP contribution is 2.31. The van der Waals surface area contributed by atoms with Gasteiger partial charge in [0, 0.05) is 12.8 Å². The number of carbonyl (C=O) groups excluding carboxylic acids is 2. The minimum absolute atomic E-state index is 0.0942. The zero-order valence-electron chi connectivity index (χ0n) is 19.4. The molecule has 0 aromatic carbocycles. The van der Waals surface area contributed by atoms with Crippen LogP contribution in [0, 0.1) is 0 Å². The van der Waals surface area contributed by atoms with Gasteiger partial charge in [0.25, 0.3) is 0 Å². The molecule has 0 radical (unpaired) electrons. The third-order valence-corrected chi connectivity index (χ3v) is 5.81. The Kier molecular flexibility index (Phi) is 12.5. The molecule has 176 valence electrons. The van der Waals surface area contributed by atoms with Gasteiger partial charge < -0.3 is 20.1 Å². The molecule has 0 aromatic heterocycles. The highest BCUT2D eigenvalue weighted by molar-refractivity contribution is 5.79. The normalized spacial score (nSPS) is 24.6. The van der Waals surface area contributed by atoms with Crippen LogP contribution in [0.25, 0.3) is 0 Å². The monoisotopic (exact) mass is 434 g/mol. The number of ether oxygens (including phenoxy) is 2. The number of hydrogen-bond acceptors (Lipinski definition) is 4. The molecule has 2 aliphatic heterocycles. The van der Waals surface area contributed by atoms with E-state index in [9.17, 15) is 9.59 Å². The maximum Gasteiger partial charge on any atom is 0.225 e. The van der Waals surface area contributed by atoms with Gasteiger partial charge in [-0.2, -0.15) is 0 Å². The second kappa shape index (κ2) is 15.2. The van der Waals surface area contributed by atoms with E-state index in [1.165, 1.54) is 38.5 Å². The van der Waals surface area contributed by atoms with Gasteiger partial charge in [-0.3, -0.25) is 9.59 Å². The minimum atomic E-state index is -0.0942. The lowest BCUT2D eigenvalue weighted by molar-refractivity contribution is -0.122. The molecule has 2 amide bonds. The van der Waals surface area contributed by atoms with Crippen LogP contribution in [0.4, 0.5) is 0 Å². The van der Waals surface area contributed by atoms with Gasteiger partial charge in [-0.05, 0) is 25.7 Å². The quantitative estimate of drug-likeness (QED) is 0.144. The predicted octanol–water partition coefficient (Wildman–Crippen LogP) is 4.54. The molecule has 2 N–H and O–H groups in total. The van der Waals surface area contributed by atoms with Crippen molar-refractivity contribution in [3.63, 3.8) is 0 Å². The number of carbonyl (C=O) groups is 2. The number of nitrogens with one attached hydrogen (secondary N) is 2. The van der Waals surface area contributed by atoms with Crippen LogP contribution >= 0.6 is 0 Å². The van der Waals surface area contributed by atoms with Crippen LogP contribution in [0.15, 0.2) is 24.3 Å². The Labute approximate surface area is 188 Å². The lowest BCUT2D eigenvalue weighted by Gasteiger charge is -2.05. The summed E-state index contributed by atoms with van der Waals surface area (Å²) >= 11 is 0. The highest BCUT2D eigenvalue weighted by Gasteiger charge is 2.37. The van der Waals surface area contributed by atoms with Crippen molar-refractivity contribution < 1.29 is 19.1 Å². The van der Waals surface area contributed by atoms with Crippen LogP contribution < -0.4 is 10.6 Å². The molecule has 6 heteroatoms. The molecule has 0 aliphatic carbocycles. The maximum atomic E-state index is 11.8. The van der Waals surface area contributed by atoms with Crippen LogP contribution in [-0.2, 0) is 19.1 Å². The number of epoxide rings is 2. The summed E-state index contributed by atoms with van der Waals surface area (Å²) in [5, 5.41) is 5.42. The summed E-state index contributed by atoms with van der Waals surface area (Å²) in [5.41, 5.74) is 0. The van der Waals surface area contributed by atoms with Crippen molar-refractivity contribution >= 4 is 11.8 Å². The average Bonchev–Trinajstić information content (AvgIpc) is 3.67. The molecule has 4 atom stereocenters. The van der Waals surface area contributed by atoms with Crippen LogP contribution in [0.2, 0.25) is 0 Å². The fourth-order valence-corrected chi connectivity index (χ4v) is 3.70. The number of unbranched alkanes of at least 4 members (excludes halogenated alkanes) is 4. The van der Waals surface area contributed by atoms with Crippen LogP contribution in [0.3, 0.4) is 0 Å². The fraction of sp³-hybridized carbons (Fsp3) is 0.760. The zero-order chi connectivity index (χ0) is 22.3. The summed E-state index contributed by atoms with van der Waals surface area (Å²) in [6.45, 7) is 4.57. The molecule has 2 aliphatic rings. The van der Waals surface area contributed by atoms with Gasteiger partial charge in [-0.1, -0.05) is 76.7 Å². The van der Waals surface area contributed by atoms with E-state index in [1.54, 1.807) is 0 Å². The standard InChI is InChI=1S/C25H42N2O4/c1-3-5-7-13-20-22(30-20)15-9-11-17-24(28)26-19-27-25(29)18-12-10-16-23-21(31-23)14-8-6-4-2/h9-12,20-23H,3-8,13-19H2,1-2H3,(H,26,28)(H,27,29)/b11-9+,12-10+. The number of rotatable bonds is 18. The Morgan fingerprint density at radius 2 is 1.13 bits per heavy atom. The van der Waals surface area contributed by atoms with Crippen molar-refractivity contribution in [2.24, 2.45) is 0 Å². The Hall–Kier alpha value is -1.66. The zero-order valence-corrected chi connectivity index (χ0v) is 19.4. The van der Waals surface area contributed by atoms with E-state index in [1.807, 2.05) is 24.3 Å². The van der Waals surface area contributed by atoms with Crippen molar-refractivity contribution in [2.45, 2.75) is 115 Å². The highest BCUT2D eigenvalue weighted by atomic mass is 16.6. The van der Waals surface area contributed by atoms with E-state index in [4.69, 9.17) is 9.47 Å². The van der Waals surface area contributed by atoms with E-state index in [0.29, 0.717) is 37.3 Å². The summed E-state index contributed by atoms with van der Waals surface area (Å²) in [4.78, 5) is 23.6. The van der Waals surface area contributed by atoms with Gasteiger partial charge >= 0.3 is 0 Å². The average molecular weight is 435 g/mol. The smallest absolute Gasteiger partial charge is 0.225 e. The first-order valence-corrected chi connectivity index (χ1v) is 12.3. The van der Waals surface area contributed by atoms with E-state index in [-0.39, 0.29) is 18.5 Å². The molecule has 2 saturated heterocycles. The molecule has 0 saturated carbocycles. The van der Waals surface area contributed by atoms with Gasteiger partial charge in [0.15, 0.2) is 0 Å². The summed E-state index contributed by atoms with van der Waals surface area (Å²) in [5.74, 6) is -0.188. The molecule has 2 rings (SSSR count). The SMILES string of the molecule is CCCCCC1OC1C/C=C/CC(=O)NCNC(=O)C/C=C/CC1OC1CCCCC. The molecule has 0 spiro atoms. The van der Waals surface area contributed by atoms with Gasteiger partial charge in [0.05, 0.1) is 31.1 Å². The van der Waals surface area contributed by atoms with Crippen molar-refractivity contribution in [3.05, 3.63) is 24.3 Å². The van der Waals surface area contributed by atoms with Crippen LogP contribution in [0.1, 0.15) is 90.9 Å². The molecule has 6 nitrogen and oxygen atoms in total. The Morgan fingerprint density at radius 3 is 1.55 bits per heavy atom. The molecular weight excluding hydrogens is 392 g/mol. The first-order valence-electron chi connectivity index (χ1n) is 12.3. The van der Waals surface area contributed by atoms with E-state index >= 15 is 0 Å². The summed E-state index contributed by atoms with van der Waals surface area (Å²) in [6, 6.07) is 0. The fourth-order valence-electron chi connectivity index (χ4n) is 3.70. The summed E-state index contributed by atoms with van der Waals surface area (Å²) in [6.07, 6.45) is 21.5. The van der Waals surface area contributed by atoms with Gasteiger partial charge in [-0.15, -0.1) is 0 Å². The Bertz CT molecular complexity index is 540. The number of hydrogen-bond donors (Lipinski definition) is 2. The second-order valence-corrected chi connectivity index (χ2v) is 8.62. The molecule has 2 fully saturated rings. The molecule has 2 heterocycles. The van der Waals surface area contributed by atoms with Crippen LogP contribution in [-0.4, -0.2) is 42.9 Å². The molecule has 0 bridgehead atoms. The van der Waals surface area contributed by atoms with E-state index < -0.39 is 0 Å². The summed E-state index contributed by atoms with van der Waals surface area (Å²) < 4.78 is 11.3. The van der Waals surface area contributed by atoms with Crippen molar-refractivity contribution in [1.29, 1.82) is 0 Å². The molecule has 31 heavy (non-hydrogen) atoms. The van der Waals surface area contributed by atoms with Gasteiger partial charge in [-0.25, -0.2) is 0 Å². The van der Waals surface area contributed by atoms with Crippen molar-refractivity contribution in [3.8, 4) is 0 Å². The molecule has 0 aromatic rings. The second-order valence-electron chi connectivity index (χ2n) is 8.62. The minimum Gasteiger partial charge on any atom is -0.369 e. The van der Waals surface area contributed by atoms with E-state index in [0.717, 1.165) is 25.7 Å². The van der Waals surface area contributed by atoms with Gasteiger partial charge in [0.1, 0.15) is 0 Å². The third-order valence-electron chi connectivity index (χ3n) is 5.81. The Balaban J connectivity index is 1.40. The molecule has 4 unspecified atom stereocenters. The lowest BCUT2D eigenvalue weighted by atomic mass is 10.1. The lowest BCUT2D eigenvalue weighted by Crippen LogP contribution is -2.36. The van der Waals surface area contributed by atoms with Crippen LogP contribution in [0.5, 0.6) is 0 Å². The first kappa shape index (κ1) is 25.6. The largest absolute Gasteiger partial charge is 0.369 e. The molecular formula is C25H42N2O4. The topological polar surface area (TPSA) is 83.3 Å². The van der Waals surface area contributed by atoms with Crippen molar-refractivity contribution in [1.82, 2.24) is 10.6 Å². The maximum absolute atomic E-state index is 11.8. The third kappa shape index (κ3) is 12.1. The number of amides is 2. The van der Waals surface area contributed by atoms with Gasteiger partial charge in [0.2, 0.25) is 11.8 Å². The predicted molar refractivity (Wildman–Crippen MR) is 124 cm³/mol. The Morgan fingerprint density at radius 1 is 0.677 bits per heavy atom. The van der Waals surface area contributed by atoms with Crippen molar-refractivity contribution in [2.75, 3.05) is 6.67 Å².